The highest BCUT2D eigenvalue weighted by Crippen LogP contribution is 2.29. The number of aromatic nitrogens is 2. The van der Waals surface area contributed by atoms with Crippen LogP contribution >= 0.6 is 22.9 Å². The smallest absolute Gasteiger partial charge is 0.243 e. The van der Waals surface area contributed by atoms with Crippen molar-refractivity contribution in [2.45, 2.75) is 24.7 Å². The van der Waals surface area contributed by atoms with Gasteiger partial charge in [-0.3, -0.25) is 9.89 Å². The van der Waals surface area contributed by atoms with Gasteiger partial charge in [0.1, 0.15) is 0 Å². The highest BCUT2D eigenvalue weighted by atomic mass is 35.5. The maximum absolute atomic E-state index is 12.8. The van der Waals surface area contributed by atoms with E-state index in [1.54, 1.807) is 23.5 Å². The Kier molecular flexibility index (Phi) is 5.97. The first-order valence-electron chi connectivity index (χ1n) is 9.52. The fourth-order valence-electron chi connectivity index (χ4n) is 3.43. The minimum Gasteiger partial charge on any atom is -0.309 e. The lowest BCUT2D eigenvalue weighted by Gasteiger charge is -2.30. The SMILES string of the molecule is Cc1ccc(-c2cc(NC(=O)C3CCN(S(=O)(=O)c4ccc(Cl)cc4)CC3)n[nH]2)s1. The number of thiophene rings is 1. The Balaban J connectivity index is 1.35. The Morgan fingerprint density at radius 1 is 1.20 bits per heavy atom. The van der Waals surface area contributed by atoms with Crippen LogP contribution in [0.4, 0.5) is 5.82 Å². The van der Waals surface area contributed by atoms with Gasteiger partial charge in [-0.05, 0) is 56.2 Å². The number of hydrogen-bond acceptors (Lipinski definition) is 5. The van der Waals surface area contributed by atoms with Gasteiger partial charge in [0.25, 0.3) is 0 Å². The summed E-state index contributed by atoms with van der Waals surface area (Å²) in [6, 6.07) is 12.0. The molecule has 0 unspecified atom stereocenters. The van der Waals surface area contributed by atoms with Crippen LogP contribution < -0.4 is 5.32 Å². The van der Waals surface area contributed by atoms with E-state index < -0.39 is 10.0 Å². The lowest BCUT2D eigenvalue weighted by Crippen LogP contribution is -2.41. The highest BCUT2D eigenvalue weighted by molar-refractivity contribution is 7.89. The van der Waals surface area contributed by atoms with Crippen molar-refractivity contribution >= 4 is 44.7 Å². The number of piperidine rings is 1. The van der Waals surface area contributed by atoms with Crippen LogP contribution in [0, 0.1) is 12.8 Å². The van der Waals surface area contributed by atoms with E-state index in [-0.39, 0.29) is 16.7 Å². The highest BCUT2D eigenvalue weighted by Gasteiger charge is 2.32. The van der Waals surface area contributed by atoms with Crippen LogP contribution in [0.2, 0.25) is 5.02 Å². The first-order chi connectivity index (χ1) is 14.3. The number of sulfonamides is 1. The van der Waals surface area contributed by atoms with Crippen molar-refractivity contribution in [2.75, 3.05) is 18.4 Å². The minimum absolute atomic E-state index is 0.140. The Morgan fingerprint density at radius 3 is 2.53 bits per heavy atom. The first-order valence-corrected chi connectivity index (χ1v) is 12.2. The summed E-state index contributed by atoms with van der Waals surface area (Å²) in [5.74, 6) is 0.0713. The fourth-order valence-corrected chi connectivity index (χ4v) is 5.86. The van der Waals surface area contributed by atoms with E-state index >= 15 is 0 Å². The molecular weight excluding hydrogens is 444 g/mol. The second kappa shape index (κ2) is 8.50. The van der Waals surface area contributed by atoms with Crippen LogP contribution in [-0.4, -0.2) is 41.9 Å². The van der Waals surface area contributed by atoms with Crippen molar-refractivity contribution in [3.63, 3.8) is 0 Å². The van der Waals surface area contributed by atoms with Gasteiger partial charge < -0.3 is 5.32 Å². The van der Waals surface area contributed by atoms with E-state index in [9.17, 15) is 13.2 Å². The van der Waals surface area contributed by atoms with Crippen molar-refractivity contribution < 1.29 is 13.2 Å². The van der Waals surface area contributed by atoms with Gasteiger partial charge in [-0.15, -0.1) is 11.3 Å². The molecule has 10 heteroatoms. The number of carbonyl (C=O) groups is 1. The third kappa shape index (κ3) is 4.44. The molecule has 1 saturated heterocycles. The van der Waals surface area contributed by atoms with Crippen LogP contribution in [-0.2, 0) is 14.8 Å². The molecule has 1 fully saturated rings. The molecule has 30 heavy (non-hydrogen) atoms. The zero-order chi connectivity index (χ0) is 21.3. The van der Waals surface area contributed by atoms with Crippen LogP contribution in [0.15, 0.2) is 47.4 Å². The lowest BCUT2D eigenvalue weighted by molar-refractivity contribution is -0.120. The molecular formula is C20H21ClN4O3S2. The van der Waals surface area contributed by atoms with Crippen molar-refractivity contribution in [3.05, 3.63) is 52.4 Å². The van der Waals surface area contributed by atoms with Crippen molar-refractivity contribution in [1.82, 2.24) is 14.5 Å². The zero-order valence-corrected chi connectivity index (χ0v) is 18.6. The number of rotatable bonds is 5. The molecule has 3 aromatic rings. The monoisotopic (exact) mass is 464 g/mol. The maximum Gasteiger partial charge on any atom is 0.243 e. The summed E-state index contributed by atoms with van der Waals surface area (Å²) >= 11 is 7.49. The van der Waals surface area contributed by atoms with E-state index in [1.165, 1.54) is 21.3 Å². The fraction of sp³-hybridized carbons (Fsp3) is 0.300. The molecule has 0 aliphatic carbocycles. The van der Waals surface area contributed by atoms with Gasteiger partial charge in [0, 0.05) is 35.0 Å². The van der Waals surface area contributed by atoms with Gasteiger partial charge in [0.05, 0.1) is 15.5 Å². The molecule has 0 bridgehead atoms. The number of H-pyrrole nitrogens is 1. The number of nitrogens with zero attached hydrogens (tertiary/aromatic N) is 2. The minimum atomic E-state index is -3.59. The Morgan fingerprint density at radius 2 is 1.90 bits per heavy atom. The van der Waals surface area contributed by atoms with Gasteiger partial charge >= 0.3 is 0 Å². The summed E-state index contributed by atoms with van der Waals surface area (Å²) in [5.41, 5.74) is 0.854. The Hall–Kier alpha value is -2.20. The van der Waals surface area contributed by atoms with Crippen LogP contribution in [0.25, 0.3) is 10.6 Å². The molecule has 1 aliphatic rings. The number of aromatic amines is 1. The lowest BCUT2D eigenvalue weighted by atomic mass is 9.97. The summed E-state index contributed by atoms with van der Waals surface area (Å²) in [5, 5.41) is 10.4. The average molecular weight is 465 g/mol. The second-order valence-corrected chi connectivity index (χ2v) is 10.9. The summed E-state index contributed by atoms with van der Waals surface area (Å²) in [4.78, 5) is 15.1. The summed E-state index contributed by atoms with van der Waals surface area (Å²) in [6.07, 6.45) is 0.917. The standard InChI is InChI=1S/C20H21ClN4O3S2/c1-13-2-7-18(29-13)17-12-19(24-23-17)22-20(26)14-8-10-25(11-9-14)30(27,28)16-5-3-15(21)4-6-16/h2-7,12,14H,8-11H2,1H3,(H2,22,23,24,26). The molecule has 1 aromatic carbocycles. The van der Waals surface area contributed by atoms with Gasteiger partial charge in [0.2, 0.25) is 15.9 Å². The number of amides is 1. The van der Waals surface area contributed by atoms with E-state index in [4.69, 9.17) is 11.6 Å². The number of aryl methyl sites for hydroxylation is 1. The average Bonchev–Trinajstić information content (AvgIpc) is 3.37. The molecule has 0 radical (unpaired) electrons. The summed E-state index contributed by atoms with van der Waals surface area (Å²) in [7, 11) is -3.59. The molecule has 7 nitrogen and oxygen atoms in total. The summed E-state index contributed by atoms with van der Waals surface area (Å²) < 4.78 is 27.0. The maximum atomic E-state index is 12.8. The third-order valence-electron chi connectivity index (χ3n) is 5.11. The normalized spacial score (nSPS) is 15.9. The van der Waals surface area contributed by atoms with Crippen LogP contribution in [0.5, 0.6) is 0 Å². The second-order valence-electron chi connectivity index (χ2n) is 7.20. The van der Waals surface area contributed by atoms with Crippen molar-refractivity contribution in [2.24, 2.45) is 5.92 Å². The largest absolute Gasteiger partial charge is 0.309 e. The molecule has 4 rings (SSSR count). The van der Waals surface area contributed by atoms with Crippen LogP contribution in [0.3, 0.4) is 0 Å². The zero-order valence-electron chi connectivity index (χ0n) is 16.3. The molecule has 0 atom stereocenters. The van der Waals surface area contributed by atoms with E-state index in [1.807, 2.05) is 25.1 Å². The predicted molar refractivity (Wildman–Crippen MR) is 118 cm³/mol. The molecule has 158 valence electrons. The van der Waals surface area contributed by atoms with Gasteiger partial charge in [-0.1, -0.05) is 11.6 Å². The molecule has 3 heterocycles. The Labute approximate surface area is 184 Å². The molecule has 0 saturated carbocycles. The van der Waals surface area contributed by atoms with Crippen molar-refractivity contribution in [1.29, 1.82) is 0 Å². The Bertz CT molecular complexity index is 1150. The van der Waals surface area contributed by atoms with E-state index in [0.29, 0.717) is 36.8 Å². The quantitative estimate of drug-likeness (QED) is 0.593. The van der Waals surface area contributed by atoms with E-state index in [0.717, 1.165) is 10.6 Å². The number of benzene rings is 1. The molecule has 1 amide bonds. The molecule has 0 spiro atoms. The van der Waals surface area contributed by atoms with Crippen LogP contribution in [0.1, 0.15) is 17.7 Å². The molecule has 2 N–H and O–H groups in total. The number of carbonyl (C=O) groups excluding carboxylic acids is 1. The summed E-state index contributed by atoms with van der Waals surface area (Å²) in [6.45, 7) is 2.62. The third-order valence-corrected chi connectivity index (χ3v) is 8.31. The number of hydrogen-bond donors (Lipinski definition) is 2. The number of nitrogens with one attached hydrogen (secondary N) is 2. The number of anilines is 1. The van der Waals surface area contributed by atoms with E-state index in [2.05, 4.69) is 15.5 Å². The van der Waals surface area contributed by atoms with Gasteiger partial charge in [-0.25, -0.2) is 8.42 Å². The first kappa shape index (κ1) is 21.0. The van der Waals surface area contributed by atoms with Crippen molar-refractivity contribution in [3.8, 4) is 10.6 Å². The molecule has 1 aliphatic heterocycles. The van der Waals surface area contributed by atoms with Gasteiger partial charge in [0.15, 0.2) is 5.82 Å². The topological polar surface area (TPSA) is 95.2 Å². The van der Waals surface area contributed by atoms with Gasteiger partial charge in [-0.2, -0.15) is 9.40 Å². The molecule has 2 aromatic heterocycles. The number of halogens is 1. The predicted octanol–water partition coefficient (Wildman–Crippen LogP) is 4.14.